The van der Waals surface area contributed by atoms with Crippen molar-refractivity contribution in [1.82, 2.24) is 30.2 Å². The number of carbonyl (C=O) groups excluding carboxylic acids is 3. The molecule has 5 rings (SSSR count). The predicted molar refractivity (Wildman–Crippen MR) is 140 cm³/mol. The van der Waals surface area contributed by atoms with Crippen molar-refractivity contribution in [1.29, 1.82) is 0 Å². The van der Waals surface area contributed by atoms with E-state index in [1.54, 1.807) is 16.9 Å². The summed E-state index contributed by atoms with van der Waals surface area (Å²) in [5.74, 6) is -0.836. The highest BCUT2D eigenvalue weighted by molar-refractivity contribution is 5.97. The number of aliphatic hydroxyl groups is 1. The van der Waals surface area contributed by atoms with Crippen LogP contribution in [0.1, 0.15) is 57.7 Å². The highest BCUT2D eigenvalue weighted by Gasteiger charge is 2.45. The minimum Gasteiger partial charge on any atom is -0.391 e. The van der Waals surface area contributed by atoms with Gasteiger partial charge in [0, 0.05) is 30.5 Å². The Morgan fingerprint density at radius 2 is 1.95 bits per heavy atom. The molecular formula is C27H33N7O4. The molecule has 3 N–H and O–H groups in total. The van der Waals surface area contributed by atoms with Crippen molar-refractivity contribution in [2.45, 2.75) is 64.1 Å². The van der Waals surface area contributed by atoms with E-state index < -0.39 is 35.4 Å². The van der Waals surface area contributed by atoms with Crippen LogP contribution in [0.25, 0.3) is 10.9 Å². The maximum absolute atomic E-state index is 13.8. The highest BCUT2D eigenvalue weighted by atomic mass is 16.3. The van der Waals surface area contributed by atoms with E-state index in [2.05, 4.69) is 25.9 Å². The number of aliphatic hydroxyl groups excluding tert-OH is 1. The number of anilines is 1. The normalized spacial score (nSPS) is 20.4. The Labute approximate surface area is 220 Å². The Kier molecular flexibility index (Phi) is 6.87. The second-order valence-corrected chi connectivity index (χ2v) is 11.2. The van der Waals surface area contributed by atoms with Crippen LogP contribution in [0.3, 0.4) is 0 Å². The first-order valence-electron chi connectivity index (χ1n) is 12.9. The van der Waals surface area contributed by atoms with Gasteiger partial charge in [0.1, 0.15) is 12.1 Å². The number of para-hydroxylation sites is 1. The second kappa shape index (κ2) is 10.1. The third-order valence-corrected chi connectivity index (χ3v) is 7.00. The lowest BCUT2D eigenvalue weighted by atomic mass is 9.85. The van der Waals surface area contributed by atoms with Crippen molar-refractivity contribution < 1.29 is 19.5 Å². The number of carbonyl (C=O) groups is 3. The molecule has 0 radical (unpaired) electrons. The van der Waals surface area contributed by atoms with E-state index in [1.165, 1.54) is 4.90 Å². The zero-order chi connectivity index (χ0) is 27.0. The third-order valence-electron chi connectivity index (χ3n) is 7.00. The Balaban J connectivity index is 1.24. The monoisotopic (exact) mass is 519 g/mol. The molecule has 38 heavy (non-hydrogen) atoms. The summed E-state index contributed by atoms with van der Waals surface area (Å²) in [4.78, 5) is 45.2. The number of likely N-dealkylation sites (tertiary alicyclic amines) is 1. The molecule has 11 heteroatoms. The summed E-state index contributed by atoms with van der Waals surface area (Å²) in [5, 5.41) is 25.1. The molecule has 0 spiro atoms. The summed E-state index contributed by atoms with van der Waals surface area (Å²) >= 11 is 0. The van der Waals surface area contributed by atoms with E-state index in [1.807, 2.05) is 51.2 Å². The molecule has 1 saturated heterocycles. The summed E-state index contributed by atoms with van der Waals surface area (Å²) in [6, 6.07) is 7.75. The van der Waals surface area contributed by atoms with Gasteiger partial charge in [0.2, 0.25) is 17.7 Å². The van der Waals surface area contributed by atoms with Crippen LogP contribution in [0.5, 0.6) is 0 Å². The first kappa shape index (κ1) is 25.8. The number of fused-ring (bicyclic) bond motifs is 1. The molecule has 0 bridgehead atoms. The van der Waals surface area contributed by atoms with E-state index in [9.17, 15) is 19.5 Å². The Morgan fingerprint density at radius 3 is 2.68 bits per heavy atom. The number of amides is 3. The summed E-state index contributed by atoms with van der Waals surface area (Å²) < 4.78 is 1.58. The summed E-state index contributed by atoms with van der Waals surface area (Å²) in [5.41, 5.74) is 1.68. The Bertz CT molecular complexity index is 1360. The highest BCUT2D eigenvalue weighted by Crippen LogP contribution is 2.40. The minimum absolute atomic E-state index is 0.0304. The summed E-state index contributed by atoms with van der Waals surface area (Å²) in [7, 11) is 0. The van der Waals surface area contributed by atoms with Crippen molar-refractivity contribution in [3.63, 3.8) is 0 Å². The molecule has 200 valence electrons. The average Bonchev–Trinajstić information content (AvgIpc) is 3.48. The van der Waals surface area contributed by atoms with Gasteiger partial charge in [-0.1, -0.05) is 44.2 Å². The first-order chi connectivity index (χ1) is 18.1. The third kappa shape index (κ3) is 5.52. The standard InChI is InChI=1S/C27H33N7O4/c1-27(2,3)24(34-15-21(31-32-34)16-8-9-16)26(38)33-14-19(35)11-22(33)25(37)29-13-23(36)30-18-10-17-6-4-5-7-20(17)28-12-18/h4-7,10,12,15-16,19,22,24,35H,8-9,11,13-14H2,1-3H3,(H,29,37)(H,30,36)/t19-,22+,24-/m1/s1. The van der Waals surface area contributed by atoms with Gasteiger partial charge in [-0.3, -0.25) is 19.4 Å². The Morgan fingerprint density at radius 1 is 1.18 bits per heavy atom. The zero-order valence-electron chi connectivity index (χ0n) is 21.8. The number of pyridine rings is 1. The van der Waals surface area contributed by atoms with Crippen LogP contribution >= 0.6 is 0 Å². The Hall–Kier alpha value is -3.86. The molecule has 2 aliphatic rings. The van der Waals surface area contributed by atoms with E-state index >= 15 is 0 Å². The lowest BCUT2D eigenvalue weighted by Gasteiger charge is -2.34. The van der Waals surface area contributed by atoms with Gasteiger partial charge in [0.25, 0.3) is 0 Å². The van der Waals surface area contributed by atoms with Crippen molar-refractivity contribution in [3.05, 3.63) is 48.4 Å². The fourth-order valence-electron chi connectivity index (χ4n) is 4.96. The first-order valence-corrected chi connectivity index (χ1v) is 12.9. The number of hydrogen-bond donors (Lipinski definition) is 3. The predicted octanol–water partition coefficient (Wildman–Crippen LogP) is 2.01. The molecule has 1 aliphatic heterocycles. The molecule has 2 aromatic heterocycles. The van der Waals surface area contributed by atoms with Crippen LogP contribution in [0.15, 0.2) is 42.7 Å². The van der Waals surface area contributed by atoms with Crippen LogP contribution in [-0.2, 0) is 14.4 Å². The van der Waals surface area contributed by atoms with Gasteiger partial charge in [-0.15, -0.1) is 5.10 Å². The van der Waals surface area contributed by atoms with Crippen LogP contribution in [-0.4, -0.2) is 72.9 Å². The van der Waals surface area contributed by atoms with Gasteiger partial charge < -0.3 is 20.6 Å². The van der Waals surface area contributed by atoms with Crippen LogP contribution < -0.4 is 10.6 Å². The zero-order valence-corrected chi connectivity index (χ0v) is 21.8. The van der Waals surface area contributed by atoms with Gasteiger partial charge in [-0.25, -0.2) is 4.68 Å². The van der Waals surface area contributed by atoms with Gasteiger partial charge in [-0.2, -0.15) is 0 Å². The summed E-state index contributed by atoms with van der Waals surface area (Å²) in [6.45, 7) is 5.55. The topological polar surface area (TPSA) is 142 Å². The minimum atomic E-state index is -0.899. The quantitative estimate of drug-likeness (QED) is 0.433. The maximum Gasteiger partial charge on any atom is 0.248 e. The molecular weight excluding hydrogens is 486 g/mol. The molecule has 11 nitrogen and oxygen atoms in total. The van der Waals surface area contributed by atoms with Crippen molar-refractivity contribution >= 4 is 34.3 Å². The molecule has 3 amide bonds. The van der Waals surface area contributed by atoms with E-state index in [4.69, 9.17) is 0 Å². The second-order valence-electron chi connectivity index (χ2n) is 11.2. The van der Waals surface area contributed by atoms with Gasteiger partial charge >= 0.3 is 0 Å². The lowest BCUT2D eigenvalue weighted by molar-refractivity contribution is -0.144. The number of hydrogen-bond acceptors (Lipinski definition) is 7. The lowest BCUT2D eigenvalue weighted by Crippen LogP contribution is -2.51. The van der Waals surface area contributed by atoms with Crippen molar-refractivity contribution in [2.24, 2.45) is 5.41 Å². The van der Waals surface area contributed by atoms with Gasteiger partial charge in [0.15, 0.2) is 0 Å². The van der Waals surface area contributed by atoms with Gasteiger partial charge in [-0.05, 0) is 30.4 Å². The molecule has 0 unspecified atom stereocenters. The van der Waals surface area contributed by atoms with Crippen molar-refractivity contribution in [3.8, 4) is 0 Å². The molecule has 1 aromatic carbocycles. The number of aromatic nitrogens is 4. The molecule has 3 heterocycles. The number of nitrogens with zero attached hydrogens (tertiary/aromatic N) is 5. The fraction of sp³-hybridized carbons (Fsp3) is 0.481. The molecule has 3 atom stereocenters. The molecule has 1 saturated carbocycles. The summed E-state index contributed by atoms with van der Waals surface area (Å²) in [6.07, 6.45) is 4.76. The molecule has 3 aromatic rings. The van der Waals surface area contributed by atoms with E-state index in [-0.39, 0.29) is 25.4 Å². The maximum atomic E-state index is 13.8. The van der Waals surface area contributed by atoms with Gasteiger partial charge in [0.05, 0.1) is 35.7 Å². The van der Waals surface area contributed by atoms with Crippen LogP contribution in [0.2, 0.25) is 0 Å². The number of rotatable bonds is 7. The van der Waals surface area contributed by atoms with Crippen LogP contribution in [0, 0.1) is 5.41 Å². The number of nitrogens with one attached hydrogen (secondary N) is 2. The van der Waals surface area contributed by atoms with Crippen molar-refractivity contribution in [2.75, 3.05) is 18.4 Å². The molecule has 1 aliphatic carbocycles. The number of β-amino-alcohol motifs (C(OH)–C–C–N with tert-alkyl or cyclic N) is 1. The molecule has 2 fully saturated rings. The average molecular weight is 520 g/mol. The number of benzene rings is 1. The largest absolute Gasteiger partial charge is 0.391 e. The smallest absolute Gasteiger partial charge is 0.248 e. The van der Waals surface area contributed by atoms with E-state index in [0.29, 0.717) is 11.6 Å². The van der Waals surface area contributed by atoms with E-state index in [0.717, 1.165) is 29.4 Å². The fourth-order valence-corrected chi connectivity index (χ4v) is 4.96. The van der Waals surface area contributed by atoms with Crippen LogP contribution in [0.4, 0.5) is 5.69 Å². The SMILES string of the molecule is CC(C)(C)[C@@H](C(=O)N1C[C@H](O)C[C@H]1C(=O)NCC(=O)Nc1cnc2ccccc2c1)n1cc(C2CC2)nn1.